The van der Waals surface area contributed by atoms with Crippen LogP contribution in [0.5, 0.6) is 0 Å². The molecule has 2 nitrogen and oxygen atoms in total. The van der Waals surface area contributed by atoms with Gasteiger partial charge in [-0.2, -0.15) is 0 Å². The second-order valence-corrected chi connectivity index (χ2v) is 6.42. The fraction of sp³-hybridized carbons (Fsp3) is 0.625. The number of nitrogens with one attached hydrogen (secondary N) is 1. The van der Waals surface area contributed by atoms with Crippen molar-refractivity contribution < 1.29 is 0 Å². The molecule has 1 aromatic carbocycles. The minimum atomic E-state index is 0.598. The van der Waals surface area contributed by atoms with Gasteiger partial charge < -0.3 is 10.2 Å². The van der Waals surface area contributed by atoms with Crippen molar-refractivity contribution in [2.75, 3.05) is 18.0 Å². The molecule has 0 bridgehead atoms. The number of anilines is 1. The Morgan fingerprint density at radius 3 is 2.89 bits per heavy atom. The molecule has 0 spiro atoms. The van der Waals surface area contributed by atoms with Crippen LogP contribution in [0.15, 0.2) is 22.7 Å². The first-order valence-corrected chi connectivity index (χ1v) is 8.18. The number of hydrogen-bond acceptors (Lipinski definition) is 2. The van der Waals surface area contributed by atoms with Gasteiger partial charge in [-0.25, -0.2) is 0 Å². The van der Waals surface area contributed by atoms with E-state index < -0.39 is 0 Å². The van der Waals surface area contributed by atoms with Crippen LogP contribution in [0.25, 0.3) is 0 Å². The quantitative estimate of drug-likeness (QED) is 0.896. The lowest BCUT2D eigenvalue weighted by Crippen LogP contribution is -2.47. The van der Waals surface area contributed by atoms with E-state index in [1.807, 2.05) is 0 Å². The molecule has 2 rings (SSSR count). The monoisotopic (exact) mass is 324 g/mol. The number of aryl methyl sites for hydroxylation is 1. The van der Waals surface area contributed by atoms with Gasteiger partial charge in [0.05, 0.1) is 5.69 Å². The van der Waals surface area contributed by atoms with Gasteiger partial charge in [-0.15, -0.1) is 0 Å². The van der Waals surface area contributed by atoms with E-state index in [4.69, 9.17) is 0 Å². The van der Waals surface area contributed by atoms with Gasteiger partial charge in [0.25, 0.3) is 0 Å². The van der Waals surface area contributed by atoms with E-state index in [-0.39, 0.29) is 0 Å². The zero-order valence-corrected chi connectivity index (χ0v) is 13.8. The molecule has 0 aromatic heterocycles. The van der Waals surface area contributed by atoms with Gasteiger partial charge >= 0.3 is 0 Å². The van der Waals surface area contributed by atoms with Crippen LogP contribution in [-0.4, -0.2) is 25.2 Å². The molecular weight excluding hydrogens is 300 g/mol. The van der Waals surface area contributed by atoms with E-state index in [1.165, 1.54) is 35.0 Å². The van der Waals surface area contributed by atoms with E-state index in [0.29, 0.717) is 12.1 Å². The Hall–Kier alpha value is -0.540. The summed E-state index contributed by atoms with van der Waals surface area (Å²) in [5, 5.41) is 3.66. The summed E-state index contributed by atoms with van der Waals surface area (Å²) in [5.41, 5.74) is 2.66. The minimum Gasteiger partial charge on any atom is -0.368 e. The summed E-state index contributed by atoms with van der Waals surface area (Å²) in [4.78, 5) is 2.54. The Morgan fingerprint density at radius 1 is 1.42 bits per heavy atom. The zero-order valence-electron chi connectivity index (χ0n) is 12.2. The Labute approximate surface area is 125 Å². The van der Waals surface area contributed by atoms with Crippen LogP contribution in [0, 0.1) is 6.92 Å². The fourth-order valence-corrected chi connectivity index (χ4v) is 3.41. The molecule has 1 aromatic rings. The SMILES string of the molecule is CCCNC1CCN(c2cccc(C)c2Br)C(C)C1. The number of piperidine rings is 1. The summed E-state index contributed by atoms with van der Waals surface area (Å²) in [7, 11) is 0. The molecule has 3 heteroatoms. The maximum Gasteiger partial charge on any atom is 0.0515 e. The van der Waals surface area contributed by atoms with E-state index >= 15 is 0 Å². The van der Waals surface area contributed by atoms with Crippen molar-refractivity contribution in [2.24, 2.45) is 0 Å². The molecule has 0 radical (unpaired) electrons. The predicted molar refractivity (Wildman–Crippen MR) is 87.0 cm³/mol. The van der Waals surface area contributed by atoms with Gasteiger partial charge in [0.15, 0.2) is 0 Å². The van der Waals surface area contributed by atoms with Crippen LogP contribution in [-0.2, 0) is 0 Å². The number of halogens is 1. The van der Waals surface area contributed by atoms with Crippen molar-refractivity contribution in [3.05, 3.63) is 28.2 Å². The van der Waals surface area contributed by atoms with Crippen LogP contribution in [0.2, 0.25) is 0 Å². The lowest BCUT2D eigenvalue weighted by atomic mass is 9.97. The van der Waals surface area contributed by atoms with Gasteiger partial charge in [-0.1, -0.05) is 19.1 Å². The number of rotatable bonds is 4. The van der Waals surface area contributed by atoms with E-state index in [0.717, 1.165) is 13.1 Å². The van der Waals surface area contributed by atoms with Crippen LogP contribution in [0.4, 0.5) is 5.69 Å². The molecule has 0 amide bonds. The van der Waals surface area contributed by atoms with Gasteiger partial charge in [0.1, 0.15) is 0 Å². The summed E-state index contributed by atoms with van der Waals surface area (Å²) in [6.07, 6.45) is 3.70. The molecule has 19 heavy (non-hydrogen) atoms. The van der Waals surface area contributed by atoms with Gasteiger partial charge in [-0.3, -0.25) is 0 Å². The highest BCUT2D eigenvalue weighted by atomic mass is 79.9. The molecular formula is C16H25BrN2. The molecule has 1 fully saturated rings. The smallest absolute Gasteiger partial charge is 0.0515 e. The molecule has 0 aliphatic carbocycles. The third kappa shape index (κ3) is 3.51. The molecule has 1 N–H and O–H groups in total. The Bertz CT molecular complexity index is 419. The summed E-state index contributed by atoms with van der Waals surface area (Å²) in [5.74, 6) is 0. The molecule has 1 aliphatic heterocycles. The van der Waals surface area contributed by atoms with Crippen LogP contribution >= 0.6 is 15.9 Å². The first-order valence-electron chi connectivity index (χ1n) is 7.38. The molecule has 1 heterocycles. The Kier molecular flexibility index (Phi) is 5.28. The van der Waals surface area contributed by atoms with E-state index in [1.54, 1.807) is 0 Å². The minimum absolute atomic E-state index is 0.598. The average molecular weight is 325 g/mol. The summed E-state index contributed by atoms with van der Waals surface area (Å²) < 4.78 is 1.25. The molecule has 0 saturated carbocycles. The normalized spacial score (nSPS) is 23.7. The molecule has 2 atom stereocenters. The topological polar surface area (TPSA) is 15.3 Å². The zero-order chi connectivity index (χ0) is 13.8. The summed E-state index contributed by atoms with van der Waals surface area (Å²) in [6, 6.07) is 7.83. The third-order valence-corrected chi connectivity index (χ3v) is 5.07. The Morgan fingerprint density at radius 2 is 2.21 bits per heavy atom. The fourth-order valence-electron chi connectivity index (χ4n) is 2.92. The standard InChI is InChI=1S/C16H25BrN2/c1-4-9-18-14-8-10-19(13(3)11-14)15-7-5-6-12(2)16(15)17/h5-7,13-14,18H,4,8-11H2,1-3H3. The summed E-state index contributed by atoms with van der Waals surface area (Å²) >= 11 is 3.74. The van der Waals surface area contributed by atoms with E-state index in [9.17, 15) is 0 Å². The maximum absolute atomic E-state index is 3.74. The first kappa shape index (κ1) is 14.9. The summed E-state index contributed by atoms with van der Waals surface area (Å²) in [6.45, 7) is 9.02. The predicted octanol–water partition coefficient (Wildman–Crippen LogP) is 4.11. The van der Waals surface area contributed by atoms with Gasteiger partial charge in [0.2, 0.25) is 0 Å². The third-order valence-electron chi connectivity index (χ3n) is 4.04. The van der Waals surface area contributed by atoms with Crippen molar-refractivity contribution in [2.45, 2.75) is 52.1 Å². The molecule has 1 saturated heterocycles. The molecule has 106 valence electrons. The number of hydrogen-bond donors (Lipinski definition) is 1. The van der Waals surface area contributed by atoms with Gasteiger partial charge in [0, 0.05) is 23.1 Å². The highest BCUT2D eigenvalue weighted by Gasteiger charge is 2.26. The highest BCUT2D eigenvalue weighted by molar-refractivity contribution is 9.10. The first-order chi connectivity index (χ1) is 9.13. The Balaban J connectivity index is 2.05. The van der Waals surface area contributed by atoms with Crippen LogP contribution < -0.4 is 10.2 Å². The second kappa shape index (κ2) is 6.76. The second-order valence-electron chi connectivity index (χ2n) is 5.63. The lowest BCUT2D eigenvalue weighted by molar-refractivity contribution is 0.368. The van der Waals surface area contributed by atoms with Crippen molar-refractivity contribution in [3.8, 4) is 0 Å². The lowest BCUT2D eigenvalue weighted by Gasteiger charge is -2.40. The van der Waals surface area contributed by atoms with Crippen molar-refractivity contribution >= 4 is 21.6 Å². The highest BCUT2D eigenvalue weighted by Crippen LogP contribution is 2.33. The van der Waals surface area contributed by atoms with Crippen molar-refractivity contribution in [1.29, 1.82) is 0 Å². The molecule has 1 aliphatic rings. The number of nitrogens with zero attached hydrogens (tertiary/aromatic N) is 1. The average Bonchev–Trinajstić information content (AvgIpc) is 2.40. The van der Waals surface area contributed by atoms with Crippen molar-refractivity contribution in [3.63, 3.8) is 0 Å². The maximum atomic E-state index is 3.74. The molecule has 2 unspecified atom stereocenters. The van der Waals surface area contributed by atoms with Gasteiger partial charge in [-0.05, 0) is 67.2 Å². The number of benzene rings is 1. The van der Waals surface area contributed by atoms with Crippen LogP contribution in [0.1, 0.15) is 38.7 Å². The largest absolute Gasteiger partial charge is 0.368 e. The van der Waals surface area contributed by atoms with Crippen molar-refractivity contribution in [1.82, 2.24) is 5.32 Å². The van der Waals surface area contributed by atoms with Crippen LogP contribution in [0.3, 0.4) is 0 Å². The van der Waals surface area contributed by atoms with E-state index in [2.05, 4.69) is 65.1 Å².